The Hall–Kier alpha value is -1.99. The maximum Gasteiger partial charge on any atom is 0.269 e. The van der Waals surface area contributed by atoms with Gasteiger partial charge >= 0.3 is 0 Å². The zero-order valence-electron chi connectivity index (χ0n) is 13.2. The summed E-state index contributed by atoms with van der Waals surface area (Å²) in [5, 5.41) is 19.1. The summed E-state index contributed by atoms with van der Waals surface area (Å²) >= 11 is 1.68. The molecule has 0 radical (unpaired) electrons. The van der Waals surface area contributed by atoms with E-state index in [2.05, 4.69) is 15.5 Å². The van der Waals surface area contributed by atoms with Crippen LogP contribution in [0.4, 0.5) is 0 Å². The molecule has 0 saturated heterocycles. The topological polar surface area (TPSA) is 87.2 Å². The van der Waals surface area contributed by atoms with Gasteiger partial charge in [0, 0.05) is 5.56 Å². The van der Waals surface area contributed by atoms with E-state index in [9.17, 15) is 9.90 Å². The molecule has 0 aliphatic carbocycles. The van der Waals surface area contributed by atoms with Gasteiger partial charge in [0.2, 0.25) is 0 Å². The zero-order valence-corrected chi connectivity index (χ0v) is 14.0. The van der Waals surface area contributed by atoms with Gasteiger partial charge in [-0.1, -0.05) is 12.1 Å². The molecule has 0 spiro atoms. The number of amides is 1. The fourth-order valence-corrected chi connectivity index (χ4v) is 2.68. The molecule has 2 aromatic rings. The number of carbonyl (C=O) groups excluding carboxylic acids is 1. The van der Waals surface area contributed by atoms with Gasteiger partial charge in [-0.25, -0.2) is 0 Å². The molecule has 6 nitrogen and oxygen atoms in total. The van der Waals surface area contributed by atoms with Crippen LogP contribution in [0.5, 0.6) is 5.75 Å². The van der Waals surface area contributed by atoms with Gasteiger partial charge < -0.3 is 15.2 Å². The molecule has 0 aliphatic rings. The minimum atomic E-state index is -0.279. The van der Waals surface area contributed by atoms with Crippen molar-refractivity contribution in [2.24, 2.45) is 0 Å². The van der Waals surface area contributed by atoms with Gasteiger partial charge in [0.1, 0.15) is 11.4 Å². The van der Waals surface area contributed by atoms with Crippen LogP contribution in [0, 0.1) is 0 Å². The second-order valence-electron chi connectivity index (χ2n) is 5.00. The predicted octanol–water partition coefficient (Wildman–Crippen LogP) is 1.93. The minimum absolute atomic E-state index is 0.0835. The summed E-state index contributed by atoms with van der Waals surface area (Å²) in [7, 11) is 1.59. The van der Waals surface area contributed by atoms with Crippen LogP contribution in [-0.2, 0) is 0 Å². The lowest BCUT2D eigenvalue weighted by atomic mass is 10.1. The first-order valence-electron chi connectivity index (χ1n) is 7.29. The fourth-order valence-electron chi connectivity index (χ4n) is 2.16. The van der Waals surface area contributed by atoms with Gasteiger partial charge in [0.05, 0.1) is 25.5 Å². The van der Waals surface area contributed by atoms with Crippen molar-refractivity contribution in [1.82, 2.24) is 15.5 Å². The highest BCUT2D eigenvalue weighted by Crippen LogP contribution is 2.28. The zero-order chi connectivity index (χ0) is 16.7. The van der Waals surface area contributed by atoms with Crippen LogP contribution in [0.3, 0.4) is 0 Å². The summed E-state index contributed by atoms with van der Waals surface area (Å²) in [6, 6.07) is 8.90. The molecule has 0 saturated carbocycles. The summed E-state index contributed by atoms with van der Waals surface area (Å²) in [5.41, 5.74) is 1.80. The highest BCUT2D eigenvalue weighted by molar-refractivity contribution is 7.98. The number of ether oxygens (including phenoxy) is 1. The molecular weight excluding hydrogens is 314 g/mol. The fraction of sp³-hybridized carbons (Fsp3) is 0.375. The number of benzene rings is 1. The molecule has 1 amide bonds. The monoisotopic (exact) mass is 335 g/mol. The Morgan fingerprint density at radius 3 is 2.96 bits per heavy atom. The van der Waals surface area contributed by atoms with Crippen molar-refractivity contribution in [3.05, 3.63) is 36.0 Å². The summed E-state index contributed by atoms with van der Waals surface area (Å²) in [6.45, 7) is -0.0835. The first-order chi connectivity index (χ1) is 11.2. The number of H-pyrrole nitrogens is 1. The molecule has 3 N–H and O–H groups in total. The van der Waals surface area contributed by atoms with Crippen LogP contribution >= 0.6 is 11.8 Å². The van der Waals surface area contributed by atoms with E-state index in [0.717, 1.165) is 17.7 Å². The Labute approximate surface area is 139 Å². The Morgan fingerprint density at radius 1 is 1.48 bits per heavy atom. The molecular formula is C16H21N3O3S. The van der Waals surface area contributed by atoms with E-state index in [1.807, 2.05) is 30.5 Å². The van der Waals surface area contributed by atoms with Gasteiger partial charge in [-0.15, -0.1) is 0 Å². The number of nitrogens with zero attached hydrogens (tertiary/aromatic N) is 1. The average molecular weight is 335 g/mol. The van der Waals surface area contributed by atoms with Crippen LogP contribution in [0.2, 0.25) is 0 Å². The molecule has 7 heteroatoms. The Kier molecular flexibility index (Phi) is 6.49. The van der Waals surface area contributed by atoms with Crippen molar-refractivity contribution in [2.45, 2.75) is 12.5 Å². The molecule has 2 rings (SSSR count). The number of aliphatic hydroxyl groups excluding tert-OH is 1. The molecule has 0 fully saturated rings. The smallest absolute Gasteiger partial charge is 0.269 e. The first-order valence-corrected chi connectivity index (χ1v) is 8.68. The van der Waals surface area contributed by atoms with E-state index in [1.165, 1.54) is 0 Å². The van der Waals surface area contributed by atoms with Gasteiger partial charge in [0.25, 0.3) is 5.91 Å². The van der Waals surface area contributed by atoms with E-state index in [1.54, 1.807) is 24.9 Å². The maximum absolute atomic E-state index is 12.2. The van der Waals surface area contributed by atoms with Crippen molar-refractivity contribution in [3.8, 4) is 17.0 Å². The van der Waals surface area contributed by atoms with Crippen LogP contribution < -0.4 is 10.1 Å². The van der Waals surface area contributed by atoms with Gasteiger partial charge in [-0.3, -0.25) is 9.89 Å². The summed E-state index contributed by atoms with van der Waals surface area (Å²) in [4.78, 5) is 12.2. The van der Waals surface area contributed by atoms with Crippen LogP contribution in [0.15, 0.2) is 30.3 Å². The average Bonchev–Trinajstić information content (AvgIpc) is 3.08. The SMILES string of the molecule is COc1ccccc1-c1cc(C(=O)NC(CO)CCSC)[nH]n1. The van der Waals surface area contributed by atoms with Crippen LogP contribution in [-0.4, -0.2) is 53.0 Å². The van der Waals surface area contributed by atoms with E-state index < -0.39 is 0 Å². The molecule has 1 aromatic heterocycles. The second kappa shape index (κ2) is 8.59. The number of nitrogens with one attached hydrogen (secondary N) is 2. The second-order valence-corrected chi connectivity index (χ2v) is 5.99. The predicted molar refractivity (Wildman–Crippen MR) is 91.9 cm³/mol. The Bertz CT molecular complexity index is 645. The largest absolute Gasteiger partial charge is 0.496 e. The number of hydrogen-bond donors (Lipinski definition) is 3. The van der Waals surface area contributed by atoms with Crippen LogP contribution in [0.1, 0.15) is 16.9 Å². The molecule has 124 valence electrons. The van der Waals surface area contributed by atoms with Gasteiger partial charge in [-0.05, 0) is 36.6 Å². The Balaban J connectivity index is 2.10. The molecule has 23 heavy (non-hydrogen) atoms. The molecule has 0 aliphatic heterocycles. The minimum Gasteiger partial charge on any atom is -0.496 e. The lowest BCUT2D eigenvalue weighted by Gasteiger charge is -2.14. The highest BCUT2D eigenvalue weighted by Gasteiger charge is 2.16. The number of para-hydroxylation sites is 1. The molecule has 1 unspecified atom stereocenters. The number of methoxy groups -OCH3 is 1. The maximum atomic E-state index is 12.2. The first kappa shape index (κ1) is 17.4. The third kappa shape index (κ3) is 4.49. The number of hydrogen-bond acceptors (Lipinski definition) is 5. The summed E-state index contributed by atoms with van der Waals surface area (Å²) < 4.78 is 5.31. The number of aliphatic hydroxyl groups is 1. The summed E-state index contributed by atoms with van der Waals surface area (Å²) in [5.74, 6) is 1.29. The molecule has 1 atom stereocenters. The molecule has 1 heterocycles. The standard InChI is InChI=1S/C16H21N3O3S/c1-22-15-6-4-3-5-12(15)13-9-14(19-18-13)16(21)17-11(10-20)7-8-23-2/h3-6,9,11,20H,7-8,10H2,1-2H3,(H,17,21)(H,18,19). The van der Waals surface area contributed by atoms with Crippen LogP contribution in [0.25, 0.3) is 11.3 Å². The number of carbonyl (C=O) groups is 1. The lowest BCUT2D eigenvalue weighted by Crippen LogP contribution is -2.38. The van der Waals surface area contributed by atoms with Crippen molar-refractivity contribution in [1.29, 1.82) is 0 Å². The Morgan fingerprint density at radius 2 is 2.26 bits per heavy atom. The molecule has 1 aromatic carbocycles. The molecule has 0 bridgehead atoms. The number of aromatic amines is 1. The van der Waals surface area contributed by atoms with Crippen molar-refractivity contribution in [2.75, 3.05) is 25.7 Å². The van der Waals surface area contributed by atoms with E-state index >= 15 is 0 Å². The van der Waals surface area contributed by atoms with E-state index in [-0.39, 0.29) is 18.6 Å². The highest BCUT2D eigenvalue weighted by atomic mass is 32.2. The van der Waals surface area contributed by atoms with Gasteiger partial charge in [-0.2, -0.15) is 16.9 Å². The van der Waals surface area contributed by atoms with E-state index in [0.29, 0.717) is 17.1 Å². The number of thioether (sulfide) groups is 1. The van der Waals surface area contributed by atoms with Crippen molar-refractivity contribution < 1.29 is 14.6 Å². The van der Waals surface area contributed by atoms with Gasteiger partial charge in [0.15, 0.2) is 0 Å². The number of aromatic nitrogens is 2. The van der Waals surface area contributed by atoms with E-state index in [4.69, 9.17) is 4.74 Å². The third-order valence-electron chi connectivity index (χ3n) is 3.43. The van der Waals surface area contributed by atoms with Crippen molar-refractivity contribution in [3.63, 3.8) is 0 Å². The number of rotatable bonds is 8. The normalized spacial score (nSPS) is 12.0. The summed E-state index contributed by atoms with van der Waals surface area (Å²) in [6.07, 6.45) is 2.71. The lowest BCUT2D eigenvalue weighted by molar-refractivity contribution is 0.0910. The third-order valence-corrected chi connectivity index (χ3v) is 4.08. The quantitative estimate of drug-likeness (QED) is 0.686. The van der Waals surface area contributed by atoms with Crippen molar-refractivity contribution >= 4 is 17.7 Å².